The van der Waals surface area contributed by atoms with Crippen molar-refractivity contribution in [1.29, 1.82) is 0 Å². The molecule has 6 nitrogen and oxygen atoms in total. The molecule has 0 aromatic heterocycles. The van der Waals surface area contributed by atoms with Crippen LogP contribution in [0.5, 0.6) is 0 Å². The van der Waals surface area contributed by atoms with E-state index in [1.54, 1.807) is 19.0 Å². The summed E-state index contributed by atoms with van der Waals surface area (Å²) >= 11 is 0. The summed E-state index contributed by atoms with van der Waals surface area (Å²) in [5, 5.41) is 11.6. The number of carbonyl (C=O) groups excluding carboxylic acids is 1. The SMILES string of the molecule is CN(C)C[C@H](NC(=O)OCC1c2ccccc2-c2ccccc21)C(=O)O. The number of benzene rings is 2. The van der Waals surface area contributed by atoms with Crippen molar-refractivity contribution >= 4 is 12.1 Å². The Hall–Kier alpha value is -2.86. The zero-order valence-corrected chi connectivity index (χ0v) is 14.8. The summed E-state index contributed by atoms with van der Waals surface area (Å²) in [4.78, 5) is 25.1. The number of rotatable bonds is 6. The quantitative estimate of drug-likeness (QED) is 0.833. The smallest absolute Gasteiger partial charge is 0.407 e. The maximum atomic E-state index is 12.1. The fourth-order valence-corrected chi connectivity index (χ4v) is 3.33. The Labute approximate surface area is 152 Å². The van der Waals surface area contributed by atoms with Crippen LogP contribution in [0.25, 0.3) is 11.1 Å². The molecule has 0 aliphatic heterocycles. The lowest BCUT2D eigenvalue weighted by atomic mass is 9.98. The molecule has 1 aliphatic rings. The highest BCUT2D eigenvalue weighted by atomic mass is 16.5. The molecule has 1 aliphatic carbocycles. The molecule has 26 heavy (non-hydrogen) atoms. The Bertz CT molecular complexity index is 773. The molecular formula is C20H22N2O4. The topological polar surface area (TPSA) is 78.9 Å². The maximum absolute atomic E-state index is 12.1. The Morgan fingerprint density at radius 2 is 1.62 bits per heavy atom. The van der Waals surface area contributed by atoms with Gasteiger partial charge in [0.1, 0.15) is 12.6 Å². The third-order valence-electron chi connectivity index (χ3n) is 4.48. The van der Waals surface area contributed by atoms with Gasteiger partial charge in [0.25, 0.3) is 0 Å². The van der Waals surface area contributed by atoms with Crippen molar-refractivity contribution in [2.75, 3.05) is 27.2 Å². The van der Waals surface area contributed by atoms with Crippen LogP contribution in [0.4, 0.5) is 4.79 Å². The van der Waals surface area contributed by atoms with E-state index in [1.165, 1.54) is 0 Å². The third-order valence-corrected chi connectivity index (χ3v) is 4.48. The largest absolute Gasteiger partial charge is 0.480 e. The normalized spacial score (nSPS) is 13.8. The van der Waals surface area contributed by atoms with Crippen LogP contribution in [0.3, 0.4) is 0 Å². The standard InChI is InChI=1S/C20H22N2O4/c1-22(2)11-18(19(23)24)21-20(25)26-12-17-15-9-5-3-7-13(15)14-8-4-6-10-16(14)17/h3-10,17-18H,11-12H2,1-2H3,(H,21,25)(H,23,24)/t18-/m0/s1. The van der Waals surface area contributed by atoms with E-state index >= 15 is 0 Å². The highest BCUT2D eigenvalue weighted by Gasteiger charge is 2.29. The number of nitrogens with one attached hydrogen (secondary N) is 1. The molecule has 0 heterocycles. The van der Waals surface area contributed by atoms with Gasteiger partial charge >= 0.3 is 12.1 Å². The number of alkyl carbamates (subject to hydrolysis) is 1. The number of aliphatic carboxylic acids is 1. The number of fused-ring (bicyclic) bond motifs is 3. The van der Waals surface area contributed by atoms with E-state index in [4.69, 9.17) is 4.74 Å². The second-order valence-corrected chi connectivity index (χ2v) is 6.62. The molecule has 1 amide bonds. The van der Waals surface area contributed by atoms with Crippen molar-refractivity contribution in [2.45, 2.75) is 12.0 Å². The van der Waals surface area contributed by atoms with Crippen LogP contribution in [0.15, 0.2) is 48.5 Å². The maximum Gasteiger partial charge on any atom is 0.407 e. The van der Waals surface area contributed by atoms with Gasteiger partial charge in [-0.2, -0.15) is 0 Å². The second kappa shape index (κ2) is 7.58. The summed E-state index contributed by atoms with van der Waals surface area (Å²) < 4.78 is 5.37. The van der Waals surface area contributed by atoms with Crippen LogP contribution < -0.4 is 5.32 Å². The number of hydrogen-bond acceptors (Lipinski definition) is 4. The number of ether oxygens (including phenoxy) is 1. The van der Waals surface area contributed by atoms with Gasteiger partial charge < -0.3 is 20.1 Å². The van der Waals surface area contributed by atoms with Gasteiger partial charge in [0, 0.05) is 12.5 Å². The van der Waals surface area contributed by atoms with Gasteiger partial charge in [-0.15, -0.1) is 0 Å². The van der Waals surface area contributed by atoms with Crippen LogP contribution in [-0.2, 0) is 9.53 Å². The minimum Gasteiger partial charge on any atom is -0.480 e. The number of hydrogen-bond donors (Lipinski definition) is 2. The van der Waals surface area contributed by atoms with Crippen molar-refractivity contribution in [2.24, 2.45) is 0 Å². The first-order chi connectivity index (χ1) is 12.5. The molecule has 2 N–H and O–H groups in total. The molecule has 2 aromatic carbocycles. The van der Waals surface area contributed by atoms with Crippen molar-refractivity contribution < 1.29 is 19.4 Å². The van der Waals surface area contributed by atoms with Crippen molar-refractivity contribution in [3.63, 3.8) is 0 Å². The lowest BCUT2D eigenvalue weighted by Crippen LogP contribution is -2.47. The van der Waals surface area contributed by atoms with Gasteiger partial charge in [0.15, 0.2) is 0 Å². The van der Waals surface area contributed by atoms with Gasteiger partial charge in [0.05, 0.1) is 0 Å². The highest BCUT2D eigenvalue weighted by molar-refractivity contribution is 5.81. The molecule has 136 valence electrons. The van der Waals surface area contributed by atoms with Gasteiger partial charge in [0.2, 0.25) is 0 Å². The molecular weight excluding hydrogens is 332 g/mol. The van der Waals surface area contributed by atoms with Crippen LogP contribution in [0.2, 0.25) is 0 Å². The predicted octanol–water partition coefficient (Wildman–Crippen LogP) is 2.54. The van der Waals surface area contributed by atoms with E-state index in [2.05, 4.69) is 17.4 Å². The third kappa shape index (κ3) is 3.70. The van der Waals surface area contributed by atoms with E-state index in [0.717, 1.165) is 22.3 Å². The molecule has 6 heteroatoms. The second-order valence-electron chi connectivity index (χ2n) is 6.62. The highest BCUT2D eigenvalue weighted by Crippen LogP contribution is 2.44. The van der Waals surface area contributed by atoms with E-state index in [0.29, 0.717) is 0 Å². The Morgan fingerprint density at radius 3 is 2.12 bits per heavy atom. The first kappa shape index (κ1) is 17.9. The average Bonchev–Trinajstić information content (AvgIpc) is 2.93. The fraction of sp³-hybridized carbons (Fsp3) is 0.300. The molecule has 0 saturated heterocycles. The number of carboxylic acid groups (broad SMARTS) is 1. The first-order valence-corrected chi connectivity index (χ1v) is 8.46. The van der Waals surface area contributed by atoms with E-state index < -0.39 is 18.1 Å². The Kier molecular flexibility index (Phi) is 5.23. The van der Waals surface area contributed by atoms with Crippen molar-refractivity contribution in [1.82, 2.24) is 10.2 Å². The molecule has 0 radical (unpaired) electrons. The molecule has 2 aromatic rings. The monoisotopic (exact) mass is 354 g/mol. The Morgan fingerprint density at radius 1 is 1.08 bits per heavy atom. The van der Waals surface area contributed by atoms with E-state index in [1.807, 2.05) is 36.4 Å². The zero-order valence-electron chi connectivity index (χ0n) is 14.8. The summed E-state index contributed by atoms with van der Waals surface area (Å²) in [6, 6.07) is 15.1. The van der Waals surface area contributed by atoms with Gasteiger partial charge in [-0.05, 0) is 36.3 Å². The van der Waals surface area contributed by atoms with Crippen LogP contribution in [0, 0.1) is 0 Å². The summed E-state index contributed by atoms with van der Waals surface area (Å²) in [6.45, 7) is 0.355. The minimum absolute atomic E-state index is 0.0507. The lowest BCUT2D eigenvalue weighted by Gasteiger charge is -2.19. The number of amides is 1. The molecule has 3 rings (SSSR count). The fourth-order valence-electron chi connectivity index (χ4n) is 3.33. The number of carboxylic acids is 1. The van der Waals surface area contributed by atoms with Crippen LogP contribution in [-0.4, -0.2) is 55.4 Å². The molecule has 0 saturated carbocycles. The summed E-state index contributed by atoms with van der Waals surface area (Å²) in [7, 11) is 3.49. The molecule has 0 bridgehead atoms. The predicted molar refractivity (Wildman–Crippen MR) is 98.2 cm³/mol. The molecule has 0 spiro atoms. The summed E-state index contributed by atoms with van der Waals surface area (Å²) in [5.74, 6) is -1.14. The van der Waals surface area contributed by atoms with E-state index in [9.17, 15) is 14.7 Å². The molecule has 0 fully saturated rings. The van der Waals surface area contributed by atoms with Gasteiger partial charge in [-0.3, -0.25) is 0 Å². The number of carbonyl (C=O) groups is 2. The van der Waals surface area contributed by atoms with Crippen molar-refractivity contribution in [3.8, 4) is 11.1 Å². The average molecular weight is 354 g/mol. The van der Waals surface area contributed by atoms with Crippen molar-refractivity contribution in [3.05, 3.63) is 59.7 Å². The lowest BCUT2D eigenvalue weighted by molar-refractivity contribution is -0.139. The number of likely N-dealkylation sites (N-methyl/N-ethyl adjacent to an activating group) is 1. The van der Waals surface area contributed by atoms with Gasteiger partial charge in [-0.1, -0.05) is 48.5 Å². The molecule has 0 unspecified atom stereocenters. The molecule has 1 atom stereocenters. The Balaban J connectivity index is 1.70. The minimum atomic E-state index is -1.09. The van der Waals surface area contributed by atoms with Gasteiger partial charge in [-0.25, -0.2) is 9.59 Å². The van der Waals surface area contributed by atoms with Crippen LogP contribution in [0.1, 0.15) is 17.0 Å². The number of nitrogens with zero attached hydrogens (tertiary/aromatic N) is 1. The first-order valence-electron chi connectivity index (χ1n) is 8.46. The van der Waals surface area contributed by atoms with E-state index in [-0.39, 0.29) is 19.1 Å². The van der Waals surface area contributed by atoms with Crippen LogP contribution >= 0.6 is 0 Å². The summed E-state index contributed by atoms with van der Waals surface area (Å²) in [5.41, 5.74) is 4.52. The summed E-state index contributed by atoms with van der Waals surface area (Å²) in [6.07, 6.45) is -0.721. The zero-order chi connectivity index (χ0) is 18.7.